The number of methoxy groups -OCH3 is 1. The molecule has 1 aromatic heterocycles. The fraction of sp³-hybridized carbons (Fsp3) is 0.393. The molecule has 34 heavy (non-hydrogen) atoms. The molecule has 2 aromatic carbocycles. The Bertz CT molecular complexity index is 1080. The highest BCUT2D eigenvalue weighted by molar-refractivity contribution is 7.12. The second-order valence-electron chi connectivity index (χ2n) is 9.62. The molecule has 0 aliphatic carbocycles. The predicted molar refractivity (Wildman–Crippen MR) is 133 cm³/mol. The van der Waals surface area contributed by atoms with Crippen molar-refractivity contribution in [1.82, 2.24) is 0 Å². The summed E-state index contributed by atoms with van der Waals surface area (Å²) in [5, 5.41) is 13.3. The third-order valence-electron chi connectivity index (χ3n) is 7.59. The number of carbonyl (C=O) groups is 1. The molecule has 3 aliphatic rings. The molecule has 0 amide bonds. The molecule has 0 radical (unpaired) electrons. The number of quaternary nitrogens is 1. The minimum absolute atomic E-state index is 0.0168. The lowest BCUT2D eigenvalue weighted by atomic mass is 9.76. The number of ether oxygens (including phenoxy) is 2. The van der Waals surface area contributed by atoms with Gasteiger partial charge in [-0.2, -0.15) is 0 Å². The number of nitrogens with zero attached hydrogens (tertiary/aromatic N) is 1. The molecule has 3 atom stereocenters. The molecule has 3 fully saturated rings. The first-order valence-electron chi connectivity index (χ1n) is 12.0. The Balaban J connectivity index is 1.34. The topological polar surface area (TPSA) is 55.8 Å². The summed E-state index contributed by atoms with van der Waals surface area (Å²) < 4.78 is 12.5. The molecule has 6 heteroatoms. The van der Waals surface area contributed by atoms with Crippen molar-refractivity contribution in [2.24, 2.45) is 11.8 Å². The molecule has 6 rings (SSSR count). The maximum absolute atomic E-state index is 12.9. The molecular formula is C28H32NO4S+. The van der Waals surface area contributed by atoms with Crippen molar-refractivity contribution in [3.8, 4) is 5.75 Å². The predicted octanol–water partition coefficient (Wildman–Crippen LogP) is 4.92. The largest absolute Gasteiger partial charge is 0.497 e. The second-order valence-corrected chi connectivity index (χ2v) is 10.6. The molecule has 4 heterocycles. The Kier molecular flexibility index (Phi) is 6.84. The number of Topliss-reactive ketones (excluding diaryl/α,β-unsaturated/α-hetero) is 1. The van der Waals surface area contributed by atoms with Gasteiger partial charge < -0.3 is 19.1 Å². The van der Waals surface area contributed by atoms with Crippen molar-refractivity contribution < 1.29 is 23.9 Å². The molecule has 0 saturated carbocycles. The number of thiophene rings is 1. The van der Waals surface area contributed by atoms with Crippen molar-refractivity contribution in [3.63, 3.8) is 0 Å². The quantitative estimate of drug-likeness (QED) is 0.269. The molecular weight excluding hydrogens is 446 g/mol. The van der Waals surface area contributed by atoms with Crippen molar-refractivity contribution in [2.75, 3.05) is 33.3 Å². The van der Waals surface area contributed by atoms with Gasteiger partial charge in [-0.15, -0.1) is 11.3 Å². The summed E-state index contributed by atoms with van der Waals surface area (Å²) in [4.78, 5) is 13.8. The van der Waals surface area contributed by atoms with Gasteiger partial charge in [0.2, 0.25) is 5.78 Å². The number of carbonyl (C=O) groups excluding carboxylic acids is 1. The van der Waals surface area contributed by atoms with Gasteiger partial charge in [0.25, 0.3) is 0 Å². The number of ketones is 1. The SMILES string of the molecule is COc1ccc(C(OC(O)C2C[N+]3(CC(=O)c4cccs4)CCC2CC3)c2ccccc2)cc1. The number of rotatable bonds is 9. The minimum Gasteiger partial charge on any atom is -0.497 e. The Morgan fingerprint density at radius 1 is 1.03 bits per heavy atom. The van der Waals surface area contributed by atoms with Crippen LogP contribution in [0.15, 0.2) is 72.1 Å². The summed E-state index contributed by atoms with van der Waals surface area (Å²) in [5.74, 6) is 1.45. The number of fused-ring (bicyclic) bond motifs is 3. The van der Waals surface area contributed by atoms with Crippen LogP contribution in [-0.2, 0) is 4.74 Å². The van der Waals surface area contributed by atoms with Gasteiger partial charge in [-0.25, -0.2) is 0 Å². The number of hydrogen-bond acceptors (Lipinski definition) is 5. The average molecular weight is 479 g/mol. The van der Waals surface area contributed by atoms with Crippen LogP contribution in [0, 0.1) is 11.8 Å². The fourth-order valence-corrected chi connectivity index (χ4v) is 6.36. The average Bonchev–Trinajstić information content (AvgIpc) is 3.44. The van der Waals surface area contributed by atoms with E-state index in [0.29, 0.717) is 12.5 Å². The van der Waals surface area contributed by atoms with Crippen LogP contribution in [-0.4, -0.2) is 55.0 Å². The van der Waals surface area contributed by atoms with Gasteiger partial charge in [-0.05, 0) is 40.6 Å². The standard InChI is InChI=1S/C28H32NO4S/c1-32-23-11-9-22(10-12-23)27(21-6-3-2-4-7-21)33-28(31)24-18-29(15-13-20(24)14-16-29)19-25(30)26-8-5-17-34-26/h2-12,17,20,24,27-28,31H,13-16,18-19H2,1H3/q+1. The van der Waals surface area contributed by atoms with E-state index < -0.39 is 6.29 Å². The van der Waals surface area contributed by atoms with Crippen LogP contribution in [0.3, 0.4) is 0 Å². The van der Waals surface area contributed by atoms with Crippen molar-refractivity contribution >= 4 is 17.1 Å². The third-order valence-corrected chi connectivity index (χ3v) is 8.50. The Hall–Kier alpha value is -2.51. The molecule has 3 saturated heterocycles. The van der Waals surface area contributed by atoms with Crippen LogP contribution < -0.4 is 4.74 Å². The van der Waals surface area contributed by atoms with E-state index in [1.807, 2.05) is 72.1 Å². The van der Waals surface area contributed by atoms with Crippen LogP contribution in [0.5, 0.6) is 5.75 Å². The van der Waals surface area contributed by atoms with Crippen molar-refractivity contribution in [3.05, 3.63) is 88.1 Å². The first kappa shape index (κ1) is 23.2. The highest BCUT2D eigenvalue weighted by atomic mass is 32.1. The van der Waals surface area contributed by atoms with E-state index >= 15 is 0 Å². The summed E-state index contributed by atoms with van der Waals surface area (Å²) in [6, 6.07) is 21.7. The molecule has 5 nitrogen and oxygen atoms in total. The number of hydrogen-bond donors (Lipinski definition) is 1. The number of aliphatic hydroxyl groups is 1. The third kappa shape index (κ3) is 4.82. The van der Waals surface area contributed by atoms with Crippen molar-refractivity contribution in [2.45, 2.75) is 25.2 Å². The summed E-state index contributed by atoms with van der Waals surface area (Å²) in [6.07, 6.45) is 0.786. The van der Waals surface area contributed by atoms with Gasteiger partial charge in [-0.3, -0.25) is 4.79 Å². The zero-order chi connectivity index (χ0) is 23.5. The summed E-state index contributed by atoms with van der Waals surface area (Å²) >= 11 is 1.51. The van der Waals surface area contributed by atoms with Gasteiger partial charge in [0.1, 0.15) is 18.4 Å². The zero-order valence-electron chi connectivity index (χ0n) is 19.5. The van der Waals surface area contributed by atoms with E-state index in [1.165, 1.54) is 11.3 Å². The second kappa shape index (κ2) is 10.0. The number of benzene rings is 2. The molecule has 3 aromatic rings. The lowest BCUT2D eigenvalue weighted by Crippen LogP contribution is -2.65. The summed E-state index contributed by atoms with van der Waals surface area (Å²) in [5.41, 5.74) is 1.98. The van der Waals surface area contributed by atoms with E-state index in [4.69, 9.17) is 9.47 Å². The van der Waals surface area contributed by atoms with Crippen LogP contribution >= 0.6 is 11.3 Å². The maximum atomic E-state index is 12.9. The van der Waals surface area contributed by atoms with E-state index in [-0.39, 0.29) is 17.8 Å². The van der Waals surface area contributed by atoms with E-state index in [0.717, 1.165) is 58.7 Å². The fourth-order valence-electron chi connectivity index (χ4n) is 5.70. The van der Waals surface area contributed by atoms with Crippen LogP contribution in [0.4, 0.5) is 0 Å². The van der Waals surface area contributed by atoms with E-state index in [1.54, 1.807) is 7.11 Å². The minimum atomic E-state index is -0.896. The molecule has 3 unspecified atom stereocenters. The van der Waals surface area contributed by atoms with Gasteiger partial charge >= 0.3 is 0 Å². The molecule has 3 aliphatic heterocycles. The molecule has 1 N–H and O–H groups in total. The van der Waals surface area contributed by atoms with Gasteiger partial charge in [0, 0.05) is 12.8 Å². The highest BCUT2D eigenvalue weighted by Gasteiger charge is 2.50. The molecule has 0 spiro atoms. The first-order chi connectivity index (χ1) is 16.6. The van der Waals surface area contributed by atoms with E-state index in [9.17, 15) is 9.90 Å². The smallest absolute Gasteiger partial charge is 0.226 e. The zero-order valence-corrected chi connectivity index (χ0v) is 20.3. The Morgan fingerprint density at radius 2 is 1.74 bits per heavy atom. The van der Waals surface area contributed by atoms with Gasteiger partial charge in [-0.1, -0.05) is 48.5 Å². The van der Waals surface area contributed by atoms with Gasteiger partial charge in [0.15, 0.2) is 6.29 Å². The van der Waals surface area contributed by atoms with Crippen LogP contribution in [0.2, 0.25) is 0 Å². The summed E-state index contributed by atoms with van der Waals surface area (Å²) in [7, 11) is 1.65. The lowest BCUT2D eigenvalue weighted by molar-refractivity contribution is -0.940. The summed E-state index contributed by atoms with van der Waals surface area (Å²) in [6.45, 7) is 3.31. The van der Waals surface area contributed by atoms with Gasteiger partial charge in [0.05, 0.1) is 37.5 Å². The highest BCUT2D eigenvalue weighted by Crippen LogP contribution is 2.41. The number of aliphatic hydroxyl groups excluding tert-OH is 1. The molecule has 2 bridgehead atoms. The number of piperidine rings is 3. The first-order valence-corrected chi connectivity index (χ1v) is 12.9. The maximum Gasteiger partial charge on any atom is 0.226 e. The van der Waals surface area contributed by atoms with Crippen LogP contribution in [0.1, 0.15) is 39.7 Å². The Labute approximate surface area is 205 Å². The Morgan fingerprint density at radius 3 is 2.38 bits per heavy atom. The van der Waals surface area contributed by atoms with Crippen molar-refractivity contribution in [1.29, 1.82) is 0 Å². The van der Waals surface area contributed by atoms with Crippen LogP contribution in [0.25, 0.3) is 0 Å². The molecule has 178 valence electrons. The van der Waals surface area contributed by atoms with E-state index in [2.05, 4.69) is 0 Å². The monoisotopic (exact) mass is 478 g/mol. The normalized spacial score (nSPS) is 25.6. The lowest BCUT2D eigenvalue weighted by Gasteiger charge is -2.53.